The summed E-state index contributed by atoms with van der Waals surface area (Å²) in [5.74, 6) is -0.0736. The van der Waals surface area contributed by atoms with Crippen LogP contribution < -0.4 is 4.74 Å². The van der Waals surface area contributed by atoms with Gasteiger partial charge in [0.2, 0.25) is 5.95 Å². The molecule has 100 valence electrons. The summed E-state index contributed by atoms with van der Waals surface area (Å²) < 4.78 is 41.3. The average Bonchev–Trinajstić information content (AvgIpc) is 2.31. The van der Waals surface area contributed by atoms with Gasteiger partial charge in [0, 0.05) is 12.7 Å². The highest BCUT2D eigenvalue weighted by Crippen LogP contribution is 2.27. The van der Waals surface area contributed by atoms with Gasteiger partial charge in [-0.05, 0) is 31.4 Å². The molecular weight excluding hydrogens is 257 g/mol. The van der Waals surface area contributed by atoms with Crippen molar-refractivity contribution < 1.29 is 17.5 Å². The number of aromatic nitrogens is 1. The third-order valence-corrected chi connectivity index (χ3v) is 4.83. The Bertz CT molecular complexity index is 501. The van der Waals surface area contributed by atoms with Crippen molar-refractivity contribution in [3.8, 4) is 5.75 Å². The molecule has 1 heterocycles. The van der Waals surface area contributed by atoms with Crippen LogP contribution >= 0.6 is 0 Å². The van der Waals surface area contributed by atoms with Gasteiger partial charge in [0.15, 0.2) is 0 Å². The van der Waals surface area contributed by atoms with Gasteiger partial charge in [0.25, 0.3) is 0 Å². The van der Waals surface area contributed by atoms with Gasteiger partial charge < -0.3 is 4.74 Å². The van der Waals surface area contributed by atoms with E-state index in [2.05, 4.69) is 4.98 Å². The van der Waals surface area contributed by atoms with E-state index in [0.29, 0.717) is 18.6 Å². The summed E-state index contributed by atoms with van der Waals surface area (Å²) in [5.41, 5.74) is 0. The van der Waals surface area contributed by atoms with Crippen molar-refractivity contribution in [1.29, 1.82) is 0 Å². The molecule has 0 N–H and O–H groups in total. The molecule has 1 aliphatic rings. The Kier molecular flexibility index (Phi) is 3.85. The molecule has 0 amide bonds. The topological polar surface area (TPSA) is 56.3 Å². The second-order valence-electron chi connectivity index (χ2n) is 4.67. The molecule has 4 nitrogen and oxygen atoms in total. The lowest BCUT2D eigenvalue weighted by Crippen LogP contribution is -2.33. The Balaban J connectivity index is 2.00. The molecule has 0 bridgehead atoms. The van der Waals surface area contributed by atoms with Crippen molar-refractivity contribution in [2.45, 2.75) is 37.0 Å². The minimum Gasteiger partial charge on any atom is -0.489 e. The Hall–Kier alpha value is -1.17. The lowest BCUT2D eigenvalue weighted by atomic mass is 9.97. The molecule has 2 rings (SSSR count). The summed E-state index contributed by atoms with van der Waals surface area (Å²) in [4.78, 5) is 3.50. The van der Waals surface area contributed by atoms with E-state index in [1.807, 2.05) is 0 Å². The lowest BCUT2D eigenvalue weighted by molar-refractivity contribution is 0.155. The first-order valence-corrected chi connectivity index (χ1v) is 7.87. The predicted octanol–water partition coefficient (Wildman–Crippen LogP) is 1.96. The number of rotatable bonds is 3. The quantitative estimate of drug-likeness (QED) is 0.790. The van der Waals surface area contributed by atoms with E-state index in [9.17, 15) is 12.8 Å². The first-order valence-electron chi connectivity index (χ1n) is 5.92. The van der Waals surface area contributed by atoms with Gasteiger partial charge in [-0.3, -0.25) is 0 Å². The molecule has 18 heavy (non-hydrogen) atoms. The maximum absolute atomic E-state index is 12.6. The van der Waals surface area contributed by atoms with Crippen LogP contribution in [-0.4, -0.2) is 31.0 Å². The van der Waals surface area contributed by atoms with Crippen molar-refractivity contribution in [3.63, 3.8) is 0 Å². The zero-order chi connectivity index (χ0) is 13.2. The Morgan fingerprint density at radius 2 is 2.17 bits per heavy atom. The zero-order valence-electron chi connectivity index (χ0n) is 10.2. The molecule has 0 aliphatic heterocycles. The van der Waals surface area contributed by atoms with Crippen LogP contribution in [-0.2, 0) is 9.84 Å². The largest absolute Gasteiger partial charge is 0.489 e. The van der Waals surface area contributed by atoms with E-state index < -0.39 is 15.8 Å². The van der Waals surface area contributed by atoms with Gasteiger partial charge in [-0.2, -0.15) is 4.39 Å². The van der Waals surface area contributed by atoms with Crippen LogP contribution in [0.2, 0.25) is 0 Å². The fourth-order valence-electron chi connectivity index (χ4n) is 2.22. The highest BCUT2D eigenvalue weighted by Gasteiger charge is 2.29. The van der Waals surface area contributed by atoms with Crippen molar-refractivity contribution in [2.24, 2.45) is 0 Å². The Morgan fingerprint density at radius 3 is 2.78 bits per heavy atom. The van der Waals surface area contributed by atoms with E-state index in [4.69, 9.17) is 4.74 Å². The van der Waals surface area contributed by atoms with Gasteiger partial charge in [-0.25, -0.2) is 13.4 Å². The molecule has 1 aliphatic carbocycles. The summed E-state index contributed by atoms with van der Waals surface area (Å²) >= 11 is 0. The van der Waals surface area contributed by atoms with Crippen LogP contribution in [0.15, 0.2) is 18.3 Å². The van der Waals surface area contributed by atoms with Crippen molar-refractivity contribution in [1.82, 2.24) is 4.98 Å². The third-order valence-electron chi connectivity index (χ3n) is 3.19. The smallest absolute Gasteiger partial charge is 0.213 e. The molecule has 1 saturated carbocycles. The zero-order valence-corrected chi connectivity index (χ0v) is 11.0. The van der Waals surface area contributed by atoms with E-state index in [0.717, 1.165) is 12.8 Å². The van der Waals surface area contributed by atoms with Crippen LogP contribution in [0.1, 0.15) is 25.7 Å². The monoisotopic (exact) mass is 273 g/mol. The molecule has 6 heteroatoms. The first-order chi connectivity index (χ1) is 8.45. The van der Waals surface area contributed by atoms with Gasteiger partial charge >= 0.3 is 0 Å². The standard InChI is InChI=1S/C12H16FNO3S/c1-18(15,16)11-4-2-3-9(7-11)17-10-5-6-12(13)14-8-10/h5-6,8-9,11H,2-4,7H2,1H3. The Labute approximate surface area is 106 Å². The second kappa shape index (κ2) is 5.22. The third kappa shape index (κ3) is 3.41. The SMILES string of the molecule is CS(=O)(=O)C1CCCC(Oc2ccc(F)nc2)C1. The van der Waals surface area contributed by atoms with Crippen LogP contribution in [0.5, 0.6) is 5.75 Å². The number of halogens is 1. The first kappa shape index (κ1) is 13.3. The molecule has 1 aromatic heterocycles. The van der Waals surface area contributed by atoms with Crippen molar-refractivity contribution >= 4 is 9.84 Å². The summed E-state index contributed by atoms with van der Waals surface area (Å²) in [7, 11) is -3.01. The highest BCUT2D eigenvalue weighted by atomic mass is 32.2. The Morgan fingerprint density at radius 1 is 1.39 bits per heavy atom. The molecule has 1 fully saturated rings. The molecule has 2 unspecified atom stereocenters. The molecule has 0 aromatic carbocycles. The number of hydrogen-bond donors (Lipinski definition) is 0. The van der Waals surface area contributed by atoms with E-state index in [1.54, 1.807) is 0 Å². The molecule has 1 aromatic rings. The van der Waals surface area contributed by atoms with E-state index >= 15 is 0 Å². The van der Waals surface area contributed by atoms with Gasteiger partial charge in [0.1, 0.15) is 21.7 Å². The molecular formula is C12H16FNO3S. The molecule has 2 atom stereocenters. The second-order valence-corrected chi connectivity index (χ2v) is 7.00. The van der Waals surface area contributed by atoms with Gasteiger partial charge in [-0.1, -0.05) is 0 Å². The minimum absolute atomic E-state index is 0.134. The van der Waals surface area contributed by atoms with Crippen molar-refractivity contribution in [2.75, 3.05) is 6.26 Å². The van der Waals surface area contributed by atoms with E-state index in [1.165, 1.54) is 24.6 Å². The highest BCUT2D eigenvalue weighted by molar-refractivity contribution is 7.91. The fraction of sp³-hybridized carbons (Fsp3) is 0.583. The maximum Gasteiger partial charge on any atom is 0.213 e. The molecule has 0 radical (unpaired) electrons. The summed E-state index contributed by atoms with van der Waals surface area (Å²) in [6.45, 7) is 0. The lowest BCUT2D eigenvalue weighted by Gasteiger charge is -2.28. The minimum atomic E-state index is -3.01. The number of hydrogen-bond acceptors (Lipinski definition) is 4. The van der Waals surface area contributed by atoms with Gasteiger partial charge in [0.05, 0.1) is 11.4 Å². The molecule has 0 saturated heterocycles. The van der Waals surface area contributed by atoms with E-state index in [-0.39, 0.29) is 11.4 Å². The van der Waals surface area contributed by atoms with Crippen molar-refractivity contribution in [3.05, 3.63) is 24.3 Å². The van der Waals surface area contributed by atoms with Crippen LogP contribution in [0.4, 0.5) is 4.39 Å². The van der Waals surface area contributed by atoms with Crippen LogP contribution in [0, 0.1) is 5.95 Å². The van der Waals surface area contributed by atoms with Crippen LogP contribution in [0.25, 0.3) is 0 Å². The summed E-state index contributed by atoms with van der Waals surface area (Å²) in [6, 6.07) is 2.73. The van der Waals surface area contributed by atoms with Crippen LogP contribution in [0.3, 0.4) is 0 Å². The predicted molar refractivity (Wildman–Crippen MR) is 65.7 cm³/mol. The summed E-state index contributed by atoms with van der Waals surface area (Å²) in [5, 5.41) is -0.329. The fourth-order valence-corrected chi connectivity index (χ4v) is 3.38. The number of sulfone groups is 1. The normalized spacial score (nSPS) is 24.8. The number of pyridine rings is 1. The number of ether oxygens (including phenoxy) is 1. The summed E-state index contributed by atoms with van der Waals surface area (Å²) in [6.07, 6.45) is 5.29. The average molecular weight is 273 g/mol. The number of nitrogens with zero attached hydrogens (tertiary/aromatic N) is 1. The molecule has 0 spiro atoms. The maximum atomic E-state index is 12.6. The van der Waals surface area contributed by atoms with Gasteiger partial charge in [-0.15, -0.1) is 0 Å².